The molecule has 2 rings (SSSR count). The van der Waals surface area contributed by atoms with E-state index < -0.39 is 36.5 Å². The average molecular weight is 343 g/mol. The van der Waals surface area contributed by atoms with Crippen LogP contribution >= 0.6 is 0 Å². The van der Waals surface area contributed by atoms with Gasteiger partial charge in [0.1, 0.15) is 11.5 Å². The molecular weight excluding hydrogens is 327 g/mol. The highest BCUT2D eigenvalue weighted by atomic mass is 19.4. The second-order valence-electron chi connectivity index (χ2n) is 5.14. The first-order valence-electron chi connectivity index (χ1n) is 7.03. The van der Waals surface area contributed by atoms with Crippen LogP contribution in [-0.4, -0.2) is 28.8 Å². The van der Waals surface area contributed by atoms with Gasteiger partial charge in [0.05, 0.1) is 0 Å². The van der Waals surface area contributed by atoms with Crippen LogP contribution in [-0.2, 0) is 5.60 Å². The smallest absolute Gasteiger partial charge is 0.424 e. The fourth-order valence-corrected chi connectivity index (χ4v) is 2.03. The molecule has 6 nitrogen and oxygen atoms in total. The summed E-state index contributed by atoms with van der Waals surface area (Å²) in [5.74, 6) is -0.361. The highest BCUT2D eigenvalue weighted by Crippen LogP contribution is 2.41. The number of alkyl halides is 3. The number of pyridine rings is 1. The molecule has 1 unspecified atom stereocenters. The predicted molar refractivity (Wildman–Crippen MR) is 79.3 cm³/mol. The quantitative estimate of drug-likeness (QED) is 0.779. The lowest BCUT2D eigenvalue weighted by Gasteiger charge is -2.28. The Hall–Kier alpha value is -2.55. The number of aromatic nitrogens is 1. The molecule has 0 spiro atoms. The van der Waals surface area contributed by atoms with Gasteiger partial charge >= 0.3 is 12.2 Å². The summed E-state index contributed by atoms with van der Waals surface area (Å²) in [7, 11) is 0. The molecule has 2 aromatic rings. The van der Waals surface area contributed by atoms with Gasteiger partial charge in [-0.25, -0.2) is 4.79 Å². The number of halogens is 3. The van der Waals surface area contributed by atoms with Gasteiger partial charge in [0.25, 0.3) is 0 Å². The standard InChI is InChI=1S/C15H16F3N3O3/c1-10-2-3-12(24-10)14(23,15(16,17)18)6-9-20-13(22)21-11-4-7-19-8-5-11/h2-5,7-8,23H,6,9H2,1H3,(H2,19,20,21,22). The number of furan rings is 1. The number of carbonyl (C=O) groups excluding carboxylic acids is 1. The Balaban J connectivity index is 1.98. The Morgan fingerprint density at radius 3 is 2.46 bits per heavy atom. The number of carbonyl (C=O) groups is 1. The van der Waals surface area contributed by atoms with E-state index in [-0.39, 0.29) is 5.76 Å². The molecule has 2 amide bonds. The van der Waals surface area contributed by atoms with E-state index in [1.807, 2.05) is 0 Å². The zero-order chi connectivity index (χ0) is 17.8. The molecule has 0 saturated carbocycles. The molecule has 3 N–H and O–H groups in total. The minimum Gasteiger partial charge on any atom is -0.463 e. The number of urea groups is 1. The van der Waals surface area contributed by atoms with E-state index in [4.69, 9.17) is 4.42 Å². The molecule has 0 radical (unpaired) electrons. The SMILES string of the molecule is Cc1ccc(C(O)(CCNC(=O)Nc2ccncc2)C(F)(F)F)o1. The number of rotatable bonds is 5. The minimum absolute atomic E-state index is 0.246. The zero-order valence-electron chi connectivity index (χ0n) is 12.7. The molecule has 9 heteroatoms. The largest absolute Gasteiger partial charge is 0.463 e. The highest BCUT2D eigenvalue weighted by molar-refractivity contribution is 5.89. The van der Waals surface area contributed by atoms with Gasteiger partial charge in [0, 0.05) is 31.0 Å². The van der Waals surface area contributed by atoms with Crippen molar-refractivity contribution < 1.29 is 27.5 Å². The number of nitrogens with zero attached hydrogens (tertiary/aromatic N) is 1. The number of aliphatic hydroxyl groups is 1. The van der Waals surface area contributed by atoms with Crippen molar-refractivity contribution in [3.8, 4) is 0 Å². The predicted octanol–water partition coefficient (Wildman–Crippen LogP) is 2.94. The Labute approximate surface area is 135 Å². The molecule has 0 saturated heterocycles. The van der Waals surface area contributed by atoms with Crippen LogP contribution in [0.2, 0.25) is 0 Å². The van der Waals surface area contributed by atoms with Gasteiger partial charge in [-0.05, 0) is 31.2 Å². The third-order valence-corrected chi connectivity index (χ3v) is 3.33. The molecule has 1 atom stereocenters. The third-order valence-electron chi connectivity index (χ3n) is 3.33. The van der Waals surface area contributed by atoms with Crippen LogP contribution in [0.5, 0.6) is 0 Å². The van der Waals surface area contributed by atoms with Gasteiger partial charge in [-0.3, -0.25) is 4.98 Å². The summed E-state index contributed by atoms with van der Waals surface area (Å²) in [6.07, 6.45) is -2.82. The van der Waals surface area contributed by atoms with E-state index in [0.717, 1.165) is 6.07 Å². The van der Waals surface area contributed by atoms with Crippen LogP contribution in [0.3, 0.4) is 0 Å². The second-order valence-corrected chi connectivity index (χ2v) is 5.14. The van der Waals surface area contributed by atoms with Crippen molar-refractivity contribution in [2.45, 2.75) is 25.1 Å². The summed E-state index contributed by atoms with van der Waals surface area (Å²) in [5.41, 5.74) is -2.74. The van der Waals surface area contributed by atoms with Gasteiger partial charge in [-0.1, -0.05) is 0 Å². The number of nitrogens with one attached hydrogen (secondary N) is 2. The Bertz CT molecular complexity index is 688. The van der Waals surface area contributed by atoms with Crippen molar-refractivity contribution in [3.63, 3.8) is 0 Å². The molecule has 130 valence electrons. The van der Waals surface area contributed by atoms with Gasteiger partial charge < -0.3 is 20.2 Å². The Kier molecular flexibility index (Phi) is 5.13. The lowest BCUT2D eigenvalue weighted by molar-refractivity contribution is -0.274. The van der Waals surface area contributed by atoms with E-state index in [9.17, 15) is 23.1 Å². The lowest BCUT2D eigenvalue weighted by Crippen LogP contribution is -2.45. The molecule has 0 aliphatic carbocycles. The Morgan fingerprint density at radius 2 is 1.92 bits per heavy atom. The van der Waals surface area contributed by atoms with Crippen molar-refractivity contribution in [3.05, 3.63) is 48.2 Å². The molecule has 0 aliphatic heterocycles. The molecule has 0 aliphatic rings. The second kappa shape index (κ2) is 6.91. The van der Waals surface area contributed by atoms with Crippen LogP contribution in [0.25, 0.3) is 0 Å². The first kappa shape index (κ1) is 17.8. The molecule has 2 heterocycles. The molecule has 2 aromatic heterocycles. The summed E-state index contributed by atoms with van der Waals surface area (Å²) in [6.45, 7) is 1.06. The van der Waals surface area contributed by atoms with Gasteiger partial charge in [-0.15, -0.1) is 0 Å². The Morgan fingerprint density at radius 1 is 1.25 bits per heavy atom. The molecule has 24 heavy (non-hydrogen) atoms. The van der Waals surface area contributed by atoms with E-state index in [0.29, 0.717) is 5.69 Å². The molecule has 0 fully saturated rings. The van der Waals surface area contributed by atoms with Crippen molar-refractivity contribution in [2.75, 3.05) is 11.9 Å². The average Bonchev–Trinajstić information content (AvgIpc) is 2.94. The third kappa shape index (κ3) is 4.05. The van der Waals surface area contributed by atoms with Crippen LogP contribution in [0.15, 0.2) is 41.1 Å². The van der Waals surface area contributed by atoms with Crippen LogP contribution in [0, 0.1) is 6.92 Å². The van der Waals surface area contributed by atoms with Gasteiger partial charge in [-0.2, -0.15) is 13.2 Å². The van der Waals surface area contributed by atoms with Crippen LogP contribution in [0.4, 0.5) is 23.7 Å². The fourth-order valence-electron chi connectivity index (χ4n) is 2.03. The summed E-state index contributed by atoms with van der Waals surface area (Å²) < 4.78 is 44.6. The zero-order valence-corrected chi connectivity index (χ0v) is 12.7. The van der Waals surface area contributed by atoms with E-state index in [2.05, 4.69) is 15.6 Å². The fraction of sp³-hybridized carbons (Fsp3) is 0.333. The van der Waals surface area contributed by atoms with Gasteiger partial charge in [0.2, 0.25) is 5.60 Å². The van der Waals surface area contributed by atoms with Crippen molar-refractivity contribution in [2.24, 2.45) is 0 Å². The van der Waals surface area contributed by atoms with Crippen molar-refractivity contribution in [1.82, 2.24) is 10.3 Å². The summed E-state index contributed by atoms with van der Waals surface area (Å²) >= 11 is 0. The number of aryl methyl sites for hydroxylation is 1. The number of hydrogen-bond donors (Lipinski definition) is 3. The maximum atomic E-state index is 13.2. The topological polar surface area (TPSA) is 87.4 Å². The normalized spacial score (nSPS) is 14.0. The highest BCUT2D eigenvalue weighted by Gasteiger charge is 2.56. The monoisotopic (exact) mass is 343 g/mol. The first-order chi connectivity index (χ1) is 11.2. The summed E-state index contributed by atoms with van der Waals surface area (Å²) in [5, 5.41) is 14.7. The van der Waals surface area contributed by atoms with Crippen LogP contribution in [0.1, 0.15) is 17.9 Å². The maximum Gasteiger partial charge on any atom is 0.424 e. The van der Waals surface area contributed by atoms with Gasteiger partial charge in [0.15, 0.2) is 0 Å². The summed E-state index contributed by atoms with van der Waals surface area (Å²) in [6, 6.07) is 4.76. The van der Waals surface area contributed by atoms with Crippen molar-refractivity contribution in [1.29, 1.82) is 0 Å². The first-order valence-corrected chi connectivity index (χ1v) is 7.03. The number of amides is 2. The number of hydrogen-bond acceptors (Lipinski definition) is 4. The number of anilines is 1. The van der Waals surface area contributed by atoms with Crippen molar-refractivity contribution >= 4 is 11.7 Å². The van der Waals surface area contributed by atoms with Crippen LogP contribution < -0.4 is 10.6 Å². The molecule has 0 bridgehead atoms. The lowest BCUT2D eigenvalue weighted by atomic mass is 9.96. The summed E-state index contributed by atoms with van der Waals surface area (Å²) in [4.78, 5) is 15.4. The maximum absolute atomic E-state index is 13.2. The molecule has 0 aromatic carbocycles. The van der Waals surface area contributed by atoms with E-state index in [1.54, 1.807) is 0 Å². The minimum atomic E-state index is -4.94. The van der Waals surface area contributed by atoms with E-state index >= 15 is 0 Å². The van der Waals surface area contributed by atoms with E-state index in [1.165, 1.54) is 37.5 Å². The molecular formula is C15H16F3N3O3.